The molecule has 0 aliphatic carbocycles. The molecule has 0 radical (unpaired) electrons. The summed E-state index contributed by atoms with van der Waals surface area (Å²) in [6, 6.07) is 4.14. The van der Waals surface area contributed by atoms with Gasteiger partial charge in [-0.25, -0.2) is 4.79 Å². The SMILES string of the molecule is C#CCNC(=O)C(C)Oc1ccc(Cl)c(C(=O)O)c1. The fourth-order valence-electron chi connectivity index (χ4n) is 1.28. The Labute approximate surface area is 115 Å². The molecule has 0 saturated carbocycles. The predicted molar refractivity (Wildman–Crippen MR) is 70.3 cm³/mol. The lowest BCUT2D eigenvalue weighted by Gasteiger charge is -2.14. The van der Waals surface area contributed by atoms with Gasteiger partial charge >= 0.3 is 5.97 Å². The van der Waals surface area contributed by atoms with Crippen LogP contribution in [0, 0.1) is 12.3 Å². The number of ether oxygens (including phenoxy) is 1. The van der Waals surface area contributed by atoms with Crippen LogP contribution in [0.3, 0.4) is 0 Å². The van der Waals surface area contributed by atoms with Crippen molar-refractivity contribution in [3.8, 4) is 18.1 Å². The van der Waals surface area contributed by atoms with Crippen LogP contribution in [0.5, 0.6) is 5.75 Å². The number of carboxylic acid groups (broad SMARTS) is 1. The molecule has 1 atom stereocenters. The molecule has 0 aliphatic heterocycles. The highest BCUT2D eigenvalue weighted by molar-refractivity contribution is 6.33. The number of amides is 1. The van der Waals surface area contributed by atoms with Crippen molar-refractivity contribution < 1.29 is 19.4 Å². The van der Waals surface area contributed by atoms with Crippen LogP contribution in [-0.2, 0) is 4.79 Å². The minimum atomic E-state index is -1.17. The van der Waals surface area contributed by atoms with Crippen molar-refractivity contribution in [2.24, 2.45) is 0 Å². The number of rotatable bonds is 5. The smallest absolute Gasteiger partial charge is 0.337 e. The van der Waals surface area contributed by atoms with E-state index in [1.54, 1.807) is 0 Å². The molecular formula is C13H12ClNO4. The number of halogens is 1. The van der Waals surface area contributed by atoms with Crippen LogP contribution in [0.4, 0.5) is 0 Å². The summed E-state index contributed by atoms with van der Waals surface area (Å²) in [7, 11) is 0. The van der Waals surface area contributed by atoms with Crippen LogP contribution in [0.1, 0.15) is 17.3 Å². The molecule has 1 aromatic carbocycles. The summed E-state index contributed by atoms with van der Waals surface area (Å²) in [6.07, 6.45) is 4.22. The van der Waals surface area contributed by atoms with Gasteiger partial charge in [-0.15, -0.1) is 6.42 Å². The number of nitrogens with one attached hydrogen (secondary N) is 1. The Morgan fingerprint density at radius 3 is 2.84 bits per heavy atom. The Kier molecular flexibility index (Phi) is 5.22. The second-order valence-corrected chi connectivity index (χ2v) is 4.04. The van der Waals surface area contributed by atoms with Gasteiger partial charge in [-0.05, 0) is 25.1 Å². The van der Waals surface area contributed by atoms with E-state index in [1.165, 1.54) is 25.1 Å². The highest BCUT2D eigenvalue weighted by atomic mass is 35.5. The van der Waals surface area contributed by atoms with E-state index < -0.39 is 12.1 Å². The van der Waals surface area contributed by atoms with Crippen LogP contribution in [0.2, 0.25) is 5.02 Å². The maximum Gasteiger partial charge on any atom is 0.337 e. The zero-order chi connectivity index (χ0) is 14.4. The molecule has 100 valence electrons. The summed E-state index contributed by atoms with van der Waals surface area (Å²) in [6.45, 7) is 1.63. The number of carbonyl (C=O) groups is 2. The van der Waals surface area contributed by atoms with Crippen LogP contribution in [0.25, 0.3) is 0 Å². The van der Waals surface area contributed by atoms with Crippen molar-refractivity contribution in [3.63, 3.8) is 0 Å². The van der Waals surface area contributed by atoms with Crippen molar-refractivity contribution >= 4 is 23.5 Å². The first-order valence-corrected chi connectivity index (χ1v) is 5.74. The first-order chi connectivity index (χ1) is 8.95. The van der Waals surface area contributed by atoms with E-state index in [1.807, 2.05) is 0 Å². The molecule has 1 rings (SSSR count). The summed E-state index contributed by atoms with van der Waals surface area (Å²) in [4.78, 5) is 22.4. The molecule has 1 aromatic rings. The molecule has 0 saturated heterocycles. The minimum Gasteiger partial charge on any atom is -0.481 e. The average Bonchev–Trinajstić information content (AvgIpc) is 2.37. The van der Waals surface area contributed by atoms with Gasteiger partial charge in [0.2, 0.25) is 0 Å². The van der Waals surface area contributed by atoms with Crippen LogP contribution in [0.15, 0.2) is 18.2 Å². The van der Waals surface area contributed by atoms with Gasteiger partial charge < -0.3 is 15.2 Å². The van der Waals surface area contributed by atoms with E-state index in [0.29, 0.717) is 0 Å². The van der Waals surface area contributed by atoms with E-state index in [2.05, 4.69) is 11.2 Å². The van der Waals surface area contributed by atoms with E-state index >= 15 is 0 Å². The van der Waals surface area contributed by atoms with Crippen molar-refractivity contribution in [1.29, 1.82) is 0 Å². The van der Waals surface area contributed by atoms with Gasteiger partial charge in [-0.1, -0.05) is 17.5 Å². The number of hydrogen-bond acceptors (Lipinski definition) is 3. The maximum absolute atomic E-state index is 11.5. The number of hydrogen-bond donors (Lipinski definition) is 2. The molecule has 0 aliphatic rings. The van der Waals surface area contributed by atoms with Gasteiger partial charge in [0.15, 0.2) is 6.10 Å². The minimum absolute atomic E-state index is 0.0876. The molecule has 0 spiro atoms. The number of carbonyl (C=O) groups excluding carboxylic acids is 1. The molecule has 5 nitrogen and oxygen atoms in total. The molecule has 6 heteroatoms. The topological polar surface area (TPSA) is 75.6 Å². The summed E-state index contributed by atoms with van der Waals surface area (Å²) in [5, 5.41) is 11.5. The van der Waals surface area contributed by atoms with E-state index in [0.717, 1.165) is 0 Å². The third-order valence-electron chi connectivity index (χ3n) is 2.22. The van der Waals surface area contributed by atoms with E-state index in [-0.39, 0.29) is 28.8 Å². The molecule has 0 heterocycles. The standard InChI is InChI=1S/C13H12ClNO4/c1-3-6-15-12(16)8(2)19-9-4-5-11(14)10(7-9)13(17)18/h1,4-5,7-8H,6H2,2H3,(H,15,16)(H,17,18). The fraction of sp³-hybridized carbons (Fsp3) is 0.231. The molecular weight excluding hydrogens is 270 g/mol. The number of terminal acetylenes is 1. The quantitative estimate of drug-likeness (QED) is 0.803. The first-order valence-electron chi connectivity index (χ1n) is 5.36. The average molecular weight is 282 g/mol. The zero-order valence-electron chi connectivity index (χ0n) is 10.1. The normalized spacial score (nSPS) is 11.2. The molecule has 2 N–H and O–H groups in total. The van der Waals surface area contributed by atoms with Gasteiger partial charge in [0, 0.05) is 0 Å². The second kappa shape index (κ2) is 6.66. The van der Waals surface area contributed by atoms with E-state index in [4.69, 9.17) is 27.9 Å². The van der Waals surface area contributed by atoms with Crippen molar-refractivity contribution in [3.05, 3.63) is 28.8 Å². The summed E-state index contributed by atoms with van der Waals surface area (Å²) in [5.74, 6) is 0.956. The van der Waals surface area contributed by atoms with Crippen molar-refractivity contribution in [1.82, 2.24) is 5.32 Å². The second-order valence-electron chi connectivity index (χ2n) is 3.63. The molecule has 0 bridgehead atoms. The molecule has 1 unspecified atom stereocenters. The third-order valence-corrected chi connectivity index (χ3v) is 2.54. The van der Waals surface area contributed by atoms with Gasteiger partial charge in [0.05, 0.1) is 17.1 Å². The molecule has 1 amide bonds. The highest BCUT2D eigenvalue weighted by Crippen LogP contribution is 2.22. The number of aromatic carboxylic acids is 1. The fourth-order valence-corrected chi connectivity index (χ4v) is 1.48. The number of benzene rings is 1. The summed E-state index contributed by atoms with van der Waals surface area (Å²) >= 11 is 5.72. The van der Waals surface area contributed by atoms with Crippen LogP contribution < -0.4 is 10.1 Å². The lowest BCUT2D eigenvalue weighted by atomic mass is 10.2. The third kappa shape index (κ3) is 4.19. The Morgan fingerprint density at radius 1 is 1.58 bits per heavy atom. The van der Waals surface area contributed by atoms with Gasteiger partial charge in [0.1, 0.15) is 5.75 Å². The Bertz CT molecular complexity index is 536. The van der Waals surface area contributed by atoms with Crippen molar-refractivity contribution in [2.75, 3.05) is 6.54 Å². The molecule has 0 fully saturated rings. The van der Waals surface area contributed by atoms with Crippen LogP contribution in [-0.4, -0.2) is 29.6 Å². The molecule has 19 heavy (non-hydrogen) atoms. The van der Waals surface area contributed by atoms with Crippen molar-refractivity contribution in [2.45, 2.75) is 13.0 Å². The van der Waals surface area contributed by atoms with Gasteiger partial charge in [0.25, 0.3) is 5.91 Å². The molecule has 0 aromatic heterocycles. The lowest BCUT2D eigenvalue weighted by molar-refractivity contribution is -0.126. The summed E-state index contributed by atoms with van der Waals surface area (Å²) < 4.78 is 5.32. The summed E-state index contributed by atoms with van der Waals surface area (Å²) in [5.41, 5.74) is -0.0876. The monoisotopic (exact) mass is 281 g/mol. The highest BCUT2D eigenvalue weighted by Gasteiger charge is 2.16. The maximum atomic E-state index is 11.5. The Balaban J connectivity index is 2.77. The van der Waals surface area contributed by atoms with E-state index in [9.17, 15) is 9.59 Å². The lowest BCUT2D eigenvalue weighted by Crippen LogP contribution is -2.36. The van der Waals surface area contributed by atoms with Gasteiger partial charge in [-0.2, -0.15) is 0 Å². The largest absolute Gasteiger partial charge is 0.481 e. The Hall–Kier alpha value is -2.19. The number of carboxylic acids is 1. The Morgan fingerprint density at radius 2 is 2.26 bits per heavy atom. The predicted octanol–water partition coefficient (Wildman–Crippen LogP) is 1.55. The zero-order valence-corrected chi connectivity index (χ0v) is 10.9. The van der Waals surface area contributed by atoms with Gasteiger partial charge in [-0.3, -0.25) is 4.79 Å². The first kappa shape index (κ1) is 14.9. The van der Waals surface area contributed by atoms with Crippen LogP contribution >= 0.6 is 11.6 Å².